The lowest BCUT2D eigenvalue weighted by molar-refractivity contribution is -0.133. The molecule has 0 radical (unpaired) electrons. The van der Waals surface area contributed by atoms with Crippen molar-refractivity contribution in [3.05, 3.63) is 166 Å². The molecule has 320 valence electrons. The molecule has 4 heterocycles. The van der Waals surface area contributed by atoms with Crippen molar-refractivity contribution in [2.24, 2.45) is 0 Å². The first-order valence-corrected chi connectivity index (χ1v) is 19.2. The molecule has 2 aliphatic rings. The lowest BCUT2D eigenvalue weighted by Crippen LogP contribution is -2.32. The molecule has 3 amide bonds. The number of aromatic amines is 2. The van der Waals surface area contributed by atoms with E-state index >= 15 is 0 Å². The van der Waals surface area contributed by atoms with Gasteiger partial charge in [0.1, 0.15) is 11.6 Å². The number of hydrogen-bond acceptors (Lipinski definition) is 7. The van der Waals surface area contributed by atoms with Crippen LogP contribution >= 0.6 is 0 Å². The Hall–Kier alpha value is -7.68. The number of aryl methyl sites for hydroxylation is 4. The molecule has 0 saturated heterocycles. The quantitative estimate of drug-likeness (QED) is 0.0777. The second-order valence-electron chi connectivity index (χ2n) is 14.7. The summed E-state index contributed by atoms with van der Waals surface area (Å²) in [7, 11) is 0. The van der Waals surface area contributed by atoms with Crippen molar-refractivity contribution in [1.29, 1.82) is 0 Å². The SMILES string of the molecule is C.Cc1cc(-c2ccc(C)c(N)c2)n[nH]1.Cc1cc(-c2ccc(C)c(NC(=O)C3=CNC(=O)C[C@H]3c3ccc(F)cc3)c2)n[nH]1.O=C1C[C@@H](c2ccc(F)cc2)C(C(=O)O)=CN1. The lowest BCUT2D eigenvalue weighted by Gasteiger charge is -2.24. The zero-order valence-electron chi connectivity index (χ0n) is 33.8. The highest BCUT2D eigenvalue weighted by atomic mass is 19.1. The Morgan fingerprint density at radius 3 is 1.56 bits per heavy atom. The molecule has 15 heteroatoms. The minimum absolute atomic E-state index is 0. The van der Waals surface area contributed by atoms with E-state index in [1.54, 1.807) is 12.1 Å². The van der Waals surface area contributed by atoms with Crippen molar-refractivity contribution >= 4 is 35.1 Å². The number of nitrogens with zero attached hydrogens (tertiary/aromatic N) is 2. The van der Waals surface area contributed by atoms with Gasteiger partial charge in [-0.25, -0.2) is 13.6 Å². The maximum atomic E-state index is 13.3. The van der Waals surface area contributed by atoms with Gasteiger partial charge < -0.3 is 26.8 Å². The first kappa shape index (κ1) is 45.4. The van der Waals surface area contributed by atoms with Crippen molar-refractivity contribution in [1.82, 2.24) is 31.0 Å². The number of carboxylic acids is 1. The number of amides is 3. The van der Waals surface area contributed by atoms with E-state index in [0.717, 1.165) is 50.7 Å². The Labute approximate surface area is 357 Å². The summed E-state index contributed by atoms with van der Waals surface area (Å²) >= 11 is 0. The van der Waals surface area contributed by atoms with Gasteiger partial charge in [-0.3, -0.25) is 24.6 Å². The Morgan fingerprint density at radius 1 is 0.661 bits per heavy atom. The molecule has 13 nitrogen and oxygen atoms in total. The molecule has 8 N–H and O–H groups in total. The largest absolute Gasteiger partial charge is 0.478 e. The second-order valence-corrected chi connectivity index (χ2v) is 14.7. The van der Waals surface area contributed by atoms with E-state index < -0.39 is 23.6 Å². The third kappa shape index (κ3) is 11.3. The third-order valence-corrected chi connectivity index (χ3v) is 10.1. The van der Waals surface area contributed by atoms with Crippen LogP contribution in [0.1, 0.15) is 65.7 Å². The number of nitrogens with two attached hydrogens (primary N) is 1. The standard InChI is InChI=1S/C23H21FN4O2.C12H10FNO3.C11H13N3.CH4/c1-13-3-4-16(21-9-14(2)27-28-21)10-20(13)26-23(30)19-12-25-22(29)11-18(19)15-5-7-17(24)8-6-15;13-8-3-1-7(2-4-8)9-5-11(15)14-6-10(9)12(16)17;1-7-3-4-9(6-10(7)12)11-5-8(2)13-14-11;/h3-10,12,18H,11H2,1-2H3,(H,25,29)(H,26,30)(H,27,28);1-4,6,9H,5H2,(H,14,15)(H,16,17);3-6H,12H2,1-2H3,(H,13,14);1H4/t18-;9-;;/m00../s1. The number of anilines is 2. The fourth-order valence-electron chi connectivity index (χ4n) is 6.69. The number of halogens is 2. The summed E-state index contributed by atoms with van der Waals surface area (Å²) in [6, 6.07) is 27.0. The number of aliphatic carboxylic acids is 1. The van der Waals surface area contributed by atoms with Crippen LogP contribution in [0.5, 0.6) is 0 Å². The number of aromatic nitrogens is 4. The molecular formula is C47H48F2N8O5. The first-order chi connectivity index (χ1) is 29.1. The molecule has 0 unspecified atom stereocenters. The molecule has 2 aromatic heterocycles. The molecule has 2 atom stereocenters. The van der Waals surface area contributed by atoms with Gasteiger partial charge in [0.25, 0.3) is 5.91 Å². The van der Waals surface area contributed by atoms with Gasteiger partial charge in [0.15, 0.2) is 0 Å². The van der Waals surface area contributed by atoms with Gasteiger partial charge in [0, 0.05) is 76.5 Å². The van der Waals surface area contributed by atoms with Crippen LogP contribution in [0.15, 0.2) is 121 Å². The van der Waals surface area contributed by atoms with Gasteiger partial charge >= 0.3 is 5.97 Å². The number of nitrogen functional groups attached to an aromatic ring is 1. The molecule has 4 aromatic carbocycles. The van der Waals surface area contributed by atoms with Gasteiger partial charge in [-0.05, 0) is 98.5 Å². The second kappa shape index (κ2) is 20.1. The van der Waals surface area contributed by atoms with Crippen LogP contribution in [0, 0.1) is 39.3 Å². The number of hydrogen-bond donors (Lipinski definition) is 7. The van der Waals surface area contributed by atoms with Crippen LogP contribution in [-0.4, -0.2) is 49.2 Å². The number of carboxylic acid groups (broad SMARTS) is 1. The molecule has 2 aliphatic heterocycles. The number of carbonyl (C=O) groups excluding carboxylic acids is 3. The van der Waals surface area contributed by atoms with Crippen LogP contribution in [0.3, 0.4) is 0 Å². The molecular weight excluding hydrogens is 795 g/mol. The molecule has 8 rings (SSSR count). The lowest BCUT2D eigenvalue weighted by atomic mass is 9.86. The van der Waals surface area contributed by atoms with E-state index in [-0.39, 0.29) is 49.4 Å². The van der Waals surface area contributed by atoms with Crippen molar-refractivity contribution in [2.45, 2.75) is 59.8 Å². The summed E-state index contributed by atoms with van der Waals surface area (Å²) < 4.78 is 26.1. The molecule has 0 spiro atoms. The molecule has 0 bridgehead atoms. The number of rotatable bonds is 7. The van der Waals surface area contributed by atoms with Crippen molar-refractivity contribution in [3.63, 3.8) is 0 Å². The summed E-state index contributed by atoms with van der Waals surface area (Å²) in [5, 5.41) is 31.2. The summed E-state index contributed by atoms with van der Waals surface area (Å²) in [5.41, 5.74) is 16.8. The topological polar surface area (TPSA) is 208 Å². The Balaban J connectivity index is 0.000000192. The monoisotopic (exact) mass is 842 g/mol. The number of H-pyrrole nitrogens is 2. The van der Waals surface area contributed by atoms with Crippen LogP contribution in [0.25, 0.3) is 22.5 Å². The van der Waals surface area contributed by atoms with E-state index in [4.69, 9.17) is 10.8 Å². The minimum Gasteiger partial charge on any atom is -0.478 e. The maximum absolute atomic E-state index is 13.3. The Morgan fingerprint density at radius 2 is 1.11 bits per heavy atom. The normalized spacial score (nSPS) is 15.5. The van der Waals surface area contributed by atoms with E-state index in [0.29, 0.717) is 22.4 Å². The molecule has 62 heavy (non-hydrogen) atoms. The fraction of sp³-hybridized carbons (Fsp3) is 0.191. The zero-order chi connectivity index (χ0) is 43.8. The summed E-state index contributed by atoms with van der Waals surface area (Å²) in [6.07, 6.45) is 2.81. The van der Waals surface area contributed by atoms with Gasteiger partial charge in [0.2, 0.25) is 11.8 Å². The number of carbonyl (C=O) groups is 4. The Kier molecular flexibility index (Phi) is 14.7. The molecule has 6 aromatic rings. The van der Waals surface area contributed by atoms with Crippen molar-refractivity contribution in [2.75, 3.05) is 11.1 Å². The van der Waals surface area contributed by atoms with Crippen LogP contribution < -0.4 is 21.7 Å². The number of nitrogens with one attached hydrogen (secondary N) is 5. The number of benzene rings is 4. The minimum atomic E-state index is -1.08. The van der Waals surface area contributed by atoms with Gasteiger partial charge in [0.05, 0.1) is 17.0 Å². The predicted octanol–water partition coefficient (Wildman–Crippen LogP) is 8.27. The highest BCUT2D eigenvalue weighted by molar-refractivity contribution is 6.07. The van der Waals surface area contributed by atoms with Crippen molar-refractivity contribution in [3.8, 4) is 22.5 Å². The first-order valence-electron chi connectivity index (χ1n) is 19.2. The maximum Gasteiger partial charge on any atom is 0.333 e. The molecule has 0 fully saturated rings. The molecule has 0 saturated carbocycles. The van der Waals surface area contributed by atoms with E-state index in [2.05, 4.69) is 36.3 Å². The zero-order valence-corrected chi connectivity index (χ0v) is 33.8. The van der Waals surface area contributed by atoms with Crippen LogP contribution in [-0.2, 0) is 19.2 Å². The highest BCUT2D eigenvalue weighted by Gasteiger charge is 2.30. The van der Waals surface area contributed by atoms with E-state index in [1.165, 1.54) is 48.8 Å². The van der Waals surface area contributed by atoms with E-state index in [9.17, 15) is 28.0 Å². The summed E-state index contributed by atoms with van der Waals surface area (Å²) in [4.78, 5) is 47.3. The average molecular weight is 843 g/mol. The van der Waals surface area contributed by atoms with Gasteiger partial charge in [-0.15, -0.1) is 0 Å². The average Bonchev–Trinajstić information content (AvgIpc) is 3.88. The summed E-state index contributed by atoms with van der Waals surface area (Å²) in [6.45, 7) is 7.80. The van der Waals surface area contributed by atoms with Crippen LogP contribution in [0.4, 0.5) is 20.2 Å². The van der Waals surface area contributed by atoms with Gasteiger partial charge in [-0.1, -0.05) is 56.0 Å². The highest BCUT2D eigenvalue weighted by Crippen LogP contribution is 2.33. The molecule has 0 aliphatic carbocycles. The van der Waals surface area contributed by atoms with Crippen LogP contribution in [0.2, 0.25) is 0 Å². The fourth-order valence-corrected chi connectivity index (χ4v) is 6.69. The summed E-state index contributed by atoms with van der Waals surface area (Å²) in [5.74, 6) is -3.57. The Bertz CT molecular complexity index is 2650. The third-order valence-electron chi connectivity index (χ3n) is 10.1. The van der Waals surface area contributed by atoms with E-state index in [1.807, 2.05) is 76.2 Å². The predicted molar refractivity (Wildman–Crippen MR) is 234 cm³/mol. The smallest absolute Gasteiger partial charge is 0.333 e. The van der Waals surface area contributed by atoms with Crippen molar-refractivity contribution < 1.29 is 33.1 Å². The van der Waals surface area contributed by atoms with Gasteiger partial charge in [-0.2, -0.15) is 10.2 Å².